The molecule has 0 fully saturated rings. The van der Waals surface area contributed by atoms with Crippen LogP contribution in [0.25, 0.3) is 0 Å². The molecule has 0 bridgehead atoms. The van der Waals surface area contributed by atoms with Gasteiger partial charge in [-0.1, -0.05) is 0 Å². The van der Waals surface area contributed by atoms with Crippen LogP contribution in [0.15, 0.2) is 6.58 Å². The van der Waals surface area contributed by atoms with Gasteiger partial charge in [0.1, 0.15) is 0 Å². The van der Waals surface area contributed by atoms with E-state index >= 15 is 0 Å². The van der Waals surface area contributed by atoms with Crippen molar-refractivity contribution in [2.24, 2.45) is 0 Å². The van der Waals surface area contributed by atoms with Crippen molar-refractivity contribution < 1.29 is 19.5 Å². The summed E-state index contributed by atoms with van der Waals surface area (Å²) >= 11 is 17.6. The van der Waals surface area contributed by atoms with E-state index in [2.05, 4.69) is 35.4 Å². The SMILES string of the molecule is [CH-]=C.[CH2-][Si](Cl)(Cl)Cl.[O]=[Co]. The van der Waals surface area contributed by atoms with Crippen LogP contribution in [0.1, 0.15) is 0 Å². The fourth-order valence-corrected chi connectivity index (χ4v) is 0. The summed E-state index contributed by atoms with van der Waals surface area (Å²) in [5.41, 5.74) is 0. The van der Waals surface area contributed by atoms with E-state index in [9.17, 15) is 0 Å². The van der Waals surface area contributed by atoms with Crippen LogP contribution < -0.4 is 0 Å². The van der Waals surface area contributed by atoms with Gasteiger partial charge in [-0.2, -0.15) is 33.2 Å². The van der Waals surface area contributed by atoms with Crippen LogP contribution in [-0.2, 0) is 19.5 Å². The van der Waals surface area contributed by atoms with E-state index in [0.29, 0.717) is 0 Å². The molecule has 0 aliphatic heterocycles. The van der Waals surface area contributed by atoms with E-state index in [4.69, 9.17) is 37.1 Å². The quantitative estimate of drug-likeness (QED) is 0.367. The third kappa shape index (κ3) is 362. The second-order valence-corrected chi connectivity index (χ2v) is 9.39. The van der Waals surface area contributed by atoms with Crippen molar-refractivity contribution in [2.45, 2.75) is 0 Å². The Bertz CT molecular complexity index is 49.5. The molecule has 9 heavy (non-hydrogen) atoms. The van der Waals surface area contributed by atoms with Crippen LogP contribution >= 0.6 is 33.2 Å². The molecule has 0 spiro atoms. The summed E-state index contributed by atoms with van der Waals surface area (Å²) in [5.74, 6) is 0. The van der Waals surface area contributed by atoms with Gasteiger partial charge >= 0.3 is 19.5 Å². The Morgan fingerprint density at radius 3 is 1.33 bits per heavy atom. The van der Waals surface area contributed by atoms with Crippen LogP contribution in [0.3, 0.4) is 0 Å². The Kier molecular flexibility index (Phi) is 21.9. The molecule has 6 heteroatoms. The van der Waals surface area contributed by atoms with Crippen LogP contribution in [0.4, 0.5) is 0 Å². The third-order valence-corrected chi connectivity index (χ3v) is 0. The number of rotatable bonds is 0. The molecule has 0 saturated carbocycles. The predicted molar refractivity (Wildman–Crippen MR) is 39.3 cm³/mol. The van der Waals surface area contributed by atoms with E-state index in [-0.39, 0.29) is 0 Å². The van der Waals surface area contributed by atoms with Crippen LogP contribution in [0, 0.1) is 13.1 Å². The Labute approximate surface area is 78.3 Å². The molecule has 0 atom stereocenters. The van der Waals surface area contributed by atoms with Crippen LogP contribution in [-0.4, -0.2) is 6.00 Å². The number of halogens is 3. The first kappa shape index (κ1) is 16.6. The van der Waals surface area contributed by atoms with Gasteiger partial charge in [0.15, 0.2) is 0 Å². The first-order valence-corrected chi connectivity index (χ1v) is 7.13. The van der Waals surface area contributed by atoms with E-state index in [1.54, 1.807) is 0 Å². The summed E-state index contributed by atoms with van der Waals surface area (Å²) in [6.07, 6.45) is 0. The van der Waals surface area contributed by atoms with Gasteiger partial charge in [0.2, 0.25) is 6.00 Å². The molecule has 59 valence electrons. The molecule has 0 aromatic rings. The normalized spacial score (nSPS) is 7.67. The fraction of sp³-hybridized carbons (Fsp3) is 0. The zero-order valence-corrected chi connectivity index (χ0v) is 8.68. The van der Waals surface area contributed by atoms with Gasteiger partial charge in [0.25, 0.3) is 0 Å². The van der Waals surface area contributed by atoms with Gasteiger partial charge in [-0.05, 0) is 0 Å². The molecule has 0 aliphatic rings. The van der Waals surface area contributed by atoms with E-state index in [1.807, 2.05) is 0 Å². The zero-order chi connectivity index (χ0) is 8.50. The molecule has 0 saturated heterocycles. The van der Waals surface area contributed by atoms with Crippen molar-refractivity contribution in [2.75, 3.05) is 0 Å². The molecular formula is C3H5Cl3CoOSi-2. The van der Waals surface area contributed by atoms with Gasteiger partial charge < -0.3 is 6.58 Å². The van der Waals surface area contributed by atoms with Gasteiger partial charge in [0.05, 0.1) is 0 Å². The third-order valence-electron chi connectivity index (χ3n) is 0. The summed E-state index contributed by atoms with van der Waals surface area (Å²) in [6, 6.07) is -2.44. The minimum atomic E-state index is -2.44. The summed E-state index contributed by atoms with van der Waals surface area (Å²) in [4.78, 5) is 0. The van der Waals surface area contributed by atoms with Crippen molar-refractivity contribution in [1.29, 1.82) is 0 Å². The van der Waals surface area contributed by atoms with E-state index in [0.717, 1.165) is 0 Å². The summed E-state index contributed by atoms with van der Waals surface area (Å²) in [5, 5.41) is 0. The second kappa shape index (κ2) is 11.9. The first-order chi connectivity index (χ1) is 4.00. The monoisotopic (exact) mass is 249 g/mol. The molecule has 0 rings (SSSR count). The van der Waals surface area contributed by atoms with Crippen molar-refractivity contribution in [1.82, 2.24) is 0 Å². The van der Waals surface area contributed by atoms with Gasteiger partial charge in [-0.3, -0.25) is 13.1 Å². The molecule has 0 aromatic heterocycles. The fourth-order valence-electron chi connectivity index (χ4n) is 0. The Morgan fingerprint density at radius 2 is 1.33 bits per heavy atom. The Morgan fingerprint density at radius 1 is 1.33 bits per heavy atom. The molecule has 0 amide bonds. The van der Waals surface area contributed by atoms with Gasteiger partial charge in [0, 0.05) is 0 Å². The molecule has 0 unspecified atom stereocenters. The summed E-state index contributed by atoms with van der Waals surface area (Å²) < 4.78 is 7.94. The molecule has 0 radical (unpaired) electrons. The van der Waals surface area contributed by atoms with E-state index in [1.165, 1.54) is 0 Å². The molecule has 0 heterocycles. The number of hydrogen-bond acceptors (Lipinski definition) is 1. The minimum absolute atomic E-state index is 2.31. The van der Waals surface area contributed by atoms with Crippen molar-refractivity contribution >= 4 is 39.2 Å². The predicted octanol–water partition coefficient (Wildman–Crippen LogP) is 2.50. The summed E-state index contributed by atoms with van der Waals surface area (Å²) in [7, 11) is 0. The van der Waals surface area contributed by atoms with Crippen molar-refractivity contribution in [3.8, 4) is 0 Å². The van der Waals surface area contributed by atoms with Gasteiger partial charge in [-0.15, -0.1) is 0 Å². The van der Waals surface area contributed by atoms with Crippen LogP contribution in [0.5, 0.6) is 0 Å². The molecule has 1 nitrogen and oxygen atoms in total. The maximum atomic E-state index is 7.94. The second-order valence-electron chi connectivity index (χ2n) is 0.615. The zero-order valence-electron chi connectivity index (χ0n) is 4.37. The van der Waals surface area contributed by atoms with Crippen LogP contribution in [0.2, 0.25) is 0 Å². The summed E-state index contributed by atoms with van der Waals surface area (Å²) in [6.45, 7) is 10.2. The van der Waals surface area contributed by atoms with E-state index < -0.39 is 6.00 Å². The first-order valence-electron chi connectivity index (χ1n) is 1.46. The molecule has 0 aliphatic carbocycles. The Balaban J connectivity index is -0.0000000771. The Hall–Kier alpha value is 1.13. The number of hydrogen-bond donors (Lipinski definition) is 0. The standard InChI is InChI=1S/C2H3.CH2Cl3Si.Co.O/c1-2;1-5(2,3)4;;/h1H,2H2;1H2;;/q2*-1;;. The molecule has 0 aromatic carbocycles. The van der Waals surface area contributed by atoms with Gasteiger partial charge in [-0.25, -0.2) is 0 Å². The molecule has 0 N–H and O–H groups in total. The average Bonchev–Trinajstić information content (AvgIpc) is 1.72. The average molecular weight is 250 g/mol. The topological polar surface area (TPSA) is 17.1 Å². The van der Waals surface area contributed by atoms with Crippen molar-refractivity contribution in [3.63, 3.8) is 0 Å². The maximum absolute atomic E-state index is 7.94. The molecular weight excluding hydrogens is 245 g/mol. The van der Waals surface area contributed by atoms with Crippen molar-refractivity contribution in [3.05, 3.63) is 19.7 Å².